The molecule has 1 amide bonds. The third kappa shape index (κ3) is 3.19. The average Bonchev–Trinajstić information content (AvgIpc) is 2.65. The van der Waals surface area contributed by atoms with Crippen molar-refractivity contribution in [2.45, 2.75) is 26.3 Å². The molecule has 0 aliphatic carbocycles. The molecule has 0 aliphatic heterocycles. The van der Waals surface area contributed by atoms with Crippen molar-refractivity contribution in [1.29, 1.82) is 0 Å². The largest absolute Gasteiger partial charge is 0.347 e. The van der Waals surface area contributed by atoms with E-state index < -0.39 is 0 Å². The molecule has 2 heteroatoms. The number of hydrogen-bond donors (Lipinski definition) is 1. The van der Waals surface area contributed by atoms with E-state index >= 15 is 0 Å². The third-order valence-electron chi connectivity index (χ3n) is 4.71. The molecule has 0 aliphatic rings. The highest BCUT2D eigenvalue weighted by Crippen LogP contribution is 2.39. The minimum absolute atomic E-state index is 0.0329. The zero-order chi connectivity index (χ0) is 19.0. The molecule has 0 saturated heterocycles. The number of carbonyl (C=O) groups excluding carboxylic acids is 1. The second-order valence-electron chi connectivity index (χ2n) is 7.91. The molecule has 4 aromatic rings. The predicted molar refractivity (Wildman–Crippen MR) is 114 cm³/mol. The summed E-state index contributed by atoms with van der Waals surface area (Å²) >= 11 is 0. The quantitative estimate of drug-likeness (QED) is 0.428. The molecule has 0 heterocycles. The highest BCUT2D eigenvalue weighted by Gasteiger charge is 2.22. The predicted octanol–water partition coefficient (Wildman–Crippen LogP) is 6.19. The monoisotopic (exact) mass is 353 g/mol. The van der Waals surface area contributed by atoms with E-state index in [1.54, 1.807) is 0 Å². The molecule has 2 nitrogen and oxygen atoms in total. The first kappa shape index (κ1) is 17.3. The van der Waals surface area contributed by atoms with Crippen molar-refractivity contribution in [2.24, 2.45) is 0 Å². The molecule has 134 valence electrons. The first-order chi connectivity index (χ1) is 13.0. The summed E-state index contributed by atoms with van der Waals surface area (Å²) in [7, 11) is 0. The highest BCUT2D eigenvalue weighted by atomic mass is 16.1. The zero-order valence-corrected chi connectivity index (χ0v) is 15.9. The molecule has 27 heavy (non-hydrogen) atoms. The van der Waals surface area contributed by atoms with Crippen LogP contribution in [0.2, 0.25) is 0 Å². The molecule has 0 unspecified atom stereocenters. The van der Waals surface area contributed by atoms with Crippen LogP contribution in [0.1, 0.15) is 31.1 Å². The maximum atomic E-state index is 13.2. The Labute approximate surface area is 159 Å². The van der Waals surface area contributed by atoms with Crippen LogP contribution in [0.4, 0.5) is 0 Å². The Morgan fingerprint density at radius 2 is 1.11 bits per heavy atom. The van der Waals surface area contributed by atoms with Crippen molar-refractivity contribution in [3.8, 4) is 11.1 Å². The van der Waals surface area contributed by atoms with Gasteiger partial charge in [-0.3, -0.25) is 4.79 Å². The lowest BCUT2D eigenvalue weighted by Gasteiger charge is -2.23. The summed E-state index contributed by atoms with van der Waals surface area (Å²) in [5.41, 5.74) is 2.79. The van der Waals surface area contributed by atoms with E-state index in [9.17, 15) is 4.79 Å². The van der Waals surface area contributed by atoms with Gasteiger partial charge in [-0.05, 0) is 53.4 Å². The van der Waals surface area contributed by atoms with E-state index in [0.29, 0.717) is 0 Å². The second-order valence-corrected chi connectivity index (χ2v) is 7.91. The Balaban J connectivity index is 2.13. The van der Waals surface area contributed by atoms with Crippen molar-refractivity contribution in [2.75, 3.05) is 0 Å². The smallest absolute Gasteiger partial charge is 0.252 e. The summed E-state index contributed by atoms with van der Waals surface area (Å²) in [6.07, 6.45) is 0. The van der Waals surface area contributed by atoms with Gasteiger partial charge >= 0.3 is 0 Å². The summed E-state index contributed by atoms with van der Waals surface area (Å²) in [6, 6.07) is 26.8. The number of fused-ring (bicyclic) bond motifs is 2. The molecule has 0 aromatic heterocycles. The van der Waals surface area contributed by atoms with Crippen molar-refractivity contribution in [1.82, 2.24) is 5.32 Å². The van der Waals surface area contributed by atoms with Crippen molar-refractivity contribution >= 4 is 27.5 Å². The van der Waals surface area contributed by atoms with Gasteiger partial charge in [0.1, 0.15) is 0 Å². The minimum atomic E-state index is -0.294. The Kier molecular flexibility index (Phi) is 4.19. The summed E-state index contributed by atoms with van der Waals surface area (Å²) < 4.78 is 0. The number of carbonyl (C=O) groups is 1. The van der Waals surface area contributed by atoms with Gasteiger partial charge in [0.05, 0.1) is 5.56 Å². The van der Waals surface area contributed by atoms with Gasteiger partial charge in [-0.2, -0.15) is 0 Å². The molecule has 4 rings (SSSR count). The molecule has 0 bridgehead atoms. The first-order valence-electron chi connectivity index (χ1n) is 9.27. The number of nitrogens with one attached hydrogen (secondary N) is 1. The maximum absolute atomic E-state index is 13.2. The molecular formula is C25H23NO. The van der Waals surface area contributed by atoms with Gasteiger partial charge in [0.15, 0.2) is 0 Å². The van der Waals surface area contributed by atoms with Gasteiger partial charge in [-0.15, -0.1) is 0 Å². The molecule has 0 saturated carbocycles. The lowest BCUT2D eigenvalue weighted by atomic mass is 9.88. The van der Waals surface area contributed by atoms with E-state index in [1.165, 1.54) is 5.56 Å². The standard InChI is InChI=1S/C25H23NO/c1-25(2,3)26-24(27)23-20-15-9-7-13-18(20)22(17-11-5-4-6-12-17)19-14-8-10-16-21(19)23/h4-16H,1-3H3,(H,26,27). The third-order valence-corrected chi connectivity index (χ3v) is 4.71. The first-order valence-corrected chi connectivity index (χ1v) is 9.27. The molecular weight excluding hydrogens is 330 g/mol. The van der Waals surface area contributed by atoms with E-state index in [-0.39, 0.29) is 11.4 Å². The molecule has 1 N–H and O–H groups in total. The summed E-state index contributed by atoms with van der Waals surface area (Å²) in [6.45, 7) is 6.02. The van der Waals surface area contributed by atoms with Crippen LogP contribution in [0, 0.1) is 0 Å². The molecule has 4 aromatic carbocycles. The fraction of sp³-hybridized carbons (Fsp3) is 0.160. The minimum Gasteiger partial charge on any atom is -0.347 e. The fourth-order valence-corrected chi connectivity index (χ4v) is 3.69. The van der Waals surface area contributed by atoms with E-state index in [1.807, 2.05) is 63.2 Å². The number of benzene rings is 4. The Hall–Kier alpha value is -3.13. The van der Waals surface area contributed by atoms with Gasteiger partial charge in [0, 0.05) is 5.54 Å². The van der Waals surface area contributed by atoms with Gasteiger partial charge in [0.2, 0.25) is 0 Å². The van der Waals surface area contributed by atoms with Crippen LogP contribution in [0.25, 0.3) is 32.7 Å². The number of rotatable bonds is 2. The zero-order valence-electron chi connectivity index (χ0n) is 15.9. The van der Waals surface area contributed by atoms with Crippen LogP contribution in [0.3, 0.4) is 0 Å². The fourth-order valence-electron chi connectivity index (χ4n) is 3.69. The summed E-state index contributed by atoms with van der Waals surface area (Å²) in [4.78, 5) is 13.2. The molecule has 0 atom stereocenters. The van der Waals surface area contributed by atoms with E-state index in [0.717, 1.165) is 32.7 Å². The van der Waals surface area contributed by atoms with Gasteiger partial charge in [-0.1, -0.05) is 78.9 Å². The van der Waals surface area contributed by atoms with Crippen LogP contribution in [0.5, 0.6) is 0 Å². The number of hydrogen-bond acceptors (Lipinski definition) is 1. The van der Waals surface area contributed by atoms with Crippen LogP contribution < -0.4 is 5.32 Å². The lowest BCUT2D eigenvalue weighted by Crippen LogP contribution is -2.40. The van der Waals surface area contributed by atoms with Crippen LogP contribution in [-0.2, 0) is 0 Å². The Bertz CT molecular complexity index is 1080. The van der Waals surface area contributed by atoms with Crippen molar-refractivity contribution in [3.63, 3.8) is 0 Å². The molecule has 0 radical (unpaired) electrons. The topological polar surface area (TPSA) is 29.1 Å². The van der Waals surface area contributed by atoms with Crippen LogP contribution in [-0.4, -0.2) is 11.4 Å². The SMILES string of the molecule is CC(C)(C)NC(=O)c1c2ccccc2c(-c2ccccc2)c2ccccc12. The normalized spacial score (nSPS) is 11.7. The van der Waals surface area contributed by atoms with Gasteiger partial charge < -0.3 is 5.32 Å². The lowest BCUT2D eigenvalue weighted by molar-refractivity contribution is 0.0923. The average molecular weight is 353 g/mol. The maximum Gasteiger partial charge on any atom is 0.252 e. The van der Waals surface area contributed by atoms with Crippen LogP contribution in [0.15, 0.2) is 78.9 Å². The van der Waals surface area contributed by atoms with Crippen molar-refractivity contribution in [3.05, 3.63) is 84.4 Å². The van der Waals surface area contributed by atoms with Gasteiger partial charge in [-0.25, -0.2) is 0 Å². The second kappa shape index (κ2) is 6.55. The van der Waals surface area contributed by atoms with Gasteiger partial charge in [0.25, 0.3) is 5.91 Å². The Morgan fingerprint density at radius 1 is 0.667 bits per heavy atom. The summed E-state index contributed by atoms with van der Waals surface area (Å²) in [5, 5.41) is 7.30. The van der Waals surface area contributed by atoms with Crippen molar-refractivity contribution < 1.29 is 4.79 Å². The molecule has 0 spiro atoms. The molecule has 0 fully saturated rings. The van der Waals surface area contributed by atoms with E-state index in [4.69, 9.17) is 0 Å². The van der Waals surface area contributed by atoms with Crippen LogP contribution >= 0.6 is 0 Å². The van der Waals surface area contributed by atoms with E-state index in [2.05, 4.69) is 41.7 Å². The number of amides is 1. The Morgan fingerprint density at radius 3 is 1.59 bits per heavy atom. The summed E-state index contributed by atoms with van der Waals surface area (Å²) in [5.74, 6) is -0.0329. The highest BCUT2D eigenvalue weighted by molar-refractivity contribution is 6.24.